The highest BCUT2D eigenvalue weighted by molar-refractivity contribution is 7.93. The molecular weight excluding hydrogens is 413 g/mol. The number of rotatable bonds is 4. The van der Waals surface area contributed by atoms with Crippen molar-refractivity contribution in [3.63, 3.8) is 0 Å². The molecule has 0 saturated carbocycles. The number of methoxy groups -OCH3 is 1. The Morgan fingerprint density at radius 2 is 1.90 bits per heavy atom. The smallest absolute Gasteiger partial charge is 0.471 e. The van der Waals surface area contributed by atoms with Gasteiger partial charge in [0.15, 0.2) is 5.69 Å². The second-order valence-electron chi connectivity index (χ2n) is 5.70. The van der Waals surface area contributed by atoms with E-state index in [1.165, 1.54) is 49.9 Å². The van der Waals surface area contributed by atoms with E-state index in [2.05, 4.69) is 24.0 Å². The van der Waals surface area contributed by atoms with Gasteiger partial charge in [-0.25, -0.2) is 9.19 Å². The molecule has 3 rings (SSSR count). The van der Waals surface area contributed by atoms with Gasteiger partial charge in [0.1, 0.15) is 5.75 Å². The normalized spacial score (nSPS) is 13.6. The van der Waals surface area contributed by atoms with Crippen molar-refractivity contribution in [3.05, 3.63) is 54.2 Å². The Labute approximate surface area is 162 Å². The number of amides is 1. The van der Waals surface area contributed by atoms with E-state index < -0.39 is 27.7 Å². The first-order chi connectivity index (χ1) is 13.6. The molecule has 12 heteroatoms. The lowest BCUT2D eigenvalue weighted by atomic mass is 10.2. The number of nitrogens with zero attached hydrogens (tertiary/aromatic N) is 4. The lowest BCUT2D eigenvalue weighted by Crippen LogP contribution is -2.07. The fraction of sp³-hybridized carbons (Fsp3) is 0.176. The van der Waals surface area contributed by atoms with Gasteiger partial charge in [-0.15, -0.1) is 0 Å². The van der Waals surface area contributed by atoms with Gasteiger partial charge in [-0.3, -0.25) is 4.79 Å². The predicted octanol–water partition coefficient (Wildman–Crippen LogP) is 3.46. The molecule has 8 nitrogen and oxygen atoms in total. The van der Waals surface area contributed by atoms with E-state index in [1.807, 2.05) is 0 Å². The van der Waals surface area contributed by atoms with Gasteiger partial charge in [0.2, 0.25) is 5.82 Å². The number of pyridine rings is 1. The van der Waals surface area contributed by atoms with Crippen molar-refractivity contribution in [3.8, 4) is 17.1 Å². The van der Waals surface area contributed by atoms with Gasteiger partial charge in [0.25, 0.3) is 0 Å². The molecule has 0 aliphatic carbocycles. The first-order valence-electron chi connectivity index (χ1n) is 7.88. The van der Waals surface area contributed by atoms with Crippen molar-refractivity contribution in [2.45, 2.75) is 11.1 Å². The summed E-state index contributed by atoms with van der Waals surface area (Å²) < 4.78 is 63.5. The van der Waals surface area contributed by atoms with Gasteiger partial charge in [-0.1, -0.05) is 5.16 Å². The zero-order chi connectivity index (χ0) is 21.2. The van der Waals surface area contributed by atoms with Gasteiger partial charge in [-0.05, 0) is 36.4 Å². The summed E-state index contributed by atoms with van der Waals surface area (Å²) in [5.41, 5.74) is 0.119. The van der Waals surface area contributed by atoms with E-state index in [0.717, 1.165) is 0 Å². The average molecular weight is 426 g/mol. The molecule has 152 valence electrons. The van der Waals surface area contributed by atoms with Crippen LogP contribution < -0.4 is 4.74 Å². The molecule has 2 heterocycles. The van der Waals surface area contributed by atoms with E-state index >= 15 is 0 Å². The third kappa shape index (κ3) is 4.42. The van der Waals surface area contributed by atoms with Crippen molar-refractivity contribution < 1.29 is 31.4 Å². The maximum atomic E-state index is 12.9. The SMILES string of the molecule is COc1cccnc1C(=O)N=S(C)(=O)c1ccc(-c2noc(C(F)(F)F)n2)cc1. The minimum Gasteiger partial charge on any atom is -0.494 e. The molecule has 1 unspecified atom stereocenters. The molecule has 1 atom stereocenters. The van der Waals surface area contributed by atoms with E-state index in [0.29, 0.717) is 0 Å². The summed E-state index contributed by atoms with van der Waals surface area (Å²) in [5.74, 6) is -2.39. The topological polar surface area (TPSA) is 108 Å². The van der Waals surface area contributed by atoms with E-state index in [4.69, 9.17) is 4.74 Å². The highest BCUT2D eigenvalue weighted by Gasteiger charge is 2.38. The Kier molecular flexibility index (Phi) is 5.38. The first kappa shape index (κ1) is 20.5. The van der Waals surface area contributed by atoms with Crippen LogP contribution in [0.2, 0.25) is 0 Å². The van der Waals surface area contributed by atoms with Crippen molar-refractivity contribution >= 4 is 15.6 Å². The number of carbonyl (C=O) groups is 1. The van der Waals surface area contributed by atoms with Crippen LogP contribution >= 0.6 is 0 Å². The Hall–Kier alpha value is -3.28. The van der Waals surface area contributed by atoms with Gasteiger partial charge in [0.05, 0.1) is 16.8 Å². The molecule has 0 aliphatic rings. The van der Waals surface area contributed by atoms with Crippen molar-refractivity contribution in [2.75, 3.05) is 13.4 Å². The van der Waals surface area contributed by atoms with Crippen LogP contribution in [0.1, 0.15) is 16.4 Å². The lowest BCUT2D eigenvalue weighted by molar-refractivity contribution is -0.159. The van der Waals surface area contributed by atoms with E-state index in [-0.39, 0.29) is 27.7 Å². The third-order valence-corrected chi connectivity index (χ3v) is 5.33. The van der Waals surface area contributed by atoms with Gasteiger partial charge < -0.3 is 9.26 Å². The molecule has 0 bridgehead atoms. The number of aromatic nitrogens is 3. The number of alkyl halides is 3. The predicted molar refractivity (Wildman–Crippen MR) is 94.6 cm³/mol. The largest absolute Gasteiger partial charge is 0.494 e. The second-order valence-corrected chi connectivity index (χ2v) is 7.96. The molecule has 0 saturated heterocycles. The van der Waals surface area contributed by atoms with E-state index in [1.54, 1.807) is 6.07 Å². The molecule has 0 spiro atoms. The highest BCUT2D eigenvalue weighted by Crippen LogP contribution is 2.29. The molecule has 1 aromatic carbocycles. The number of benzene rings is 1. The van der Waals surface area contributed by atoms with Crippen LogP contribution in [0.15, 0.2) is 56.4 Å². The van der Waals surface area contributed by atoms with Gasteiger partial charge in [-0.2, -0.15) is 22.5 Å². The number of carbonyl (C=O) groups excluding carboxylic acids is 1. The van der Waals surface area contributed by atoms with Crippen LogP contribution in [0, 0.1) is 0 Å². The molecule has 29 heavy (non-hydrogen) atoms. The molecule has 0 aliphatic heterocycles. The van der Waals surface area contributed by atoms with Crippen molar-refractivity contribution in [2.24, 2.45) is 4.36 Å². The minimum atomic E-state index is -4.76. The molecule has 3 aromatic rings. The van der Waals surface area contributed by atoms with Crippen molar-refractivity contribution in [1.29, 1.82) is 0 Å². The molecule has 2 aromatic heterocycles. The van der Waals surface area contributed by atoms with Gasteiger partial charge in [0, 0.05) is 22.9 Å². The first-order valence-corrected chi connectivity index (χ1v) is 9.81. The second kappa shape index (κ2) is 7.62. The summed E-state index contributed by atoms with van der Waals surface area (Å²) in [5, 5.41) is 3.27. The summed E-state index contributed by atoms with van der Waals surface area (Å²) in [4.78, 5) is 19.7. The minimum absolute atomic E-state index is 0.0901. The van der Waals surface area contributed by atoms with Crippen molar-refractivity contribution in [1.82, 2.24) is 15.1 Å². The van der Waals surface area contributed by atoms with Crippen LogP contribution in [0.5, 0.6) is 5.75 Å². The van der Waals surface area contributed by atoms with Crippen LogP contribution in [-0.2, 0) is 15.9 Å². The number of hydrogen-bond acceptors (Lipinski definition) is 7. The van der Waals surface area contributed by atoms with E-state index in [9.17, 15) is 22.2 Å². The van der Waals surface area contributed by atoms with Crippen LogP contribution in [0.25, 0.3) is 11.4 Å². The fourth-order valence-electron chi connectivity index (χ4n) is 2.28. The van der Waals surface area contributed by atoms with Crippen LogP contribution in [0.3, 0.4) is 0 Å². The summed E-state index contributed by atoms with van der Waals surface area (Å²) in [6, 6.07) is 8.50. The average Bonchev–Trinajstić information content (AvgIpc) is 3.18. The molecule has 0 radical (unpaired) electrons. The summed E-state index contributed by atoms with van der Waals surface area (Å²) >= 11 is 0. The number of hydrogen-bond donors (Lipinski definition) is 0. The Bertz CT molecular complexity index is 1170. The third-order valence-electron chi connectivity index (χ3n) is 3.67. The number of ether oxygens (including phenoxy) is 1. The monoisotopic (exact) mass is 426 g/mol. The maximum Gasteiger partial charge on any atom is 0.471 e. The van der Waals surface area contributed by atoms with Crippen LogP contribution in [-0.4, -0.2) is 38.6 Å². The summed E-state index contributed by atoms with van der Waals surface area (Å²) in [6.07, 6.45) is -2.13. The Morgan fingerprint density at radius 3 is 2.48 bits per heavy atom. The summed E-state index contributed by atoms with van der Waals surface area (Å²) in [7, 11) is -1.80. The maximum absolute atomic E-state index is 12.9. The molecule has 0 fully saturated rings. The Balaban J connectivity index is 1.90. The van der Waals surface area contributed by atoms with Crippen LogP contribution in [0.4, 0.5) is 13.2 Å². The summed E-state index contributed by atoms with van der Waals surface area (Å²) in [6.45, 7) is 0. The quantitative estimate of drug-likeness (QED) is 0.629. The zero-order valence-corrected chi connectivity index (χ0v) is 15.8. The standard InChI is InChI=1S/C17H13F3N4O4S/c1-27-12-4-3-9-21-13(12)15(25)24-29(2,26)11-7-5-10(6-8-11)14-22-16(28-23-14)17(18,19)20/h3-9H,1-2H3. The van der Waals surface area contributed by atoms with Gasteiger partial charge >= 0.3 is 18.0 Å². The fourth-order valence-corrected chi connectivity index (χ4v) is 3.43. The molecular formula is C17H13F3N4O4S. The molecule has 0 N–H and O–H groups in total. The lowest BCUT2D eigenvalue weighted by Gasteiger charge is -2.06. The Morgan fingerprint density at radius 1 is 1.21 bits per heavy atom. The number of halogens is 3. The zero-order valence-electron chi connectivity index (χ0n) is 15.0. The molecule has 1 amide bonds. The highest BCUT2D eigenvalue weighted by atomic mass is 32.2.